The summed E-state index contributed by atoms with van der Waals surface area (Å²) in [7, 11) is -4.02. The molecule has 15 heteroatoms. The van der Waals surface area contributed by atoms with Gasteiger partial charge in [0, 0.05) is 18.5 Å². The van der Waals surface area contributed by atoms with Crippen molar-refractivity contribution in [2.45, 2.75) is 51.4 Å². The topological polar surface area (TPSA) is 195 Å². The lowest BCUT2D eigenvalue weighted by Gasteiger charge is -2.27. The molecule has 1 saturated heterocycles. The highest BCUT2D eigenvalue weighted by molar-refractivity contribution is 8.13. The number of nitrogens with one attached hydrogen (secondary N) is 1. The van der Waals surface area contributed by atoms with Crippen molar-refractivity contribution in [2.24, 2.45) is 5.41 Å². The highest BCUT2D eigenvalue weighted by Crippen LogP contribution is 2.46. The molecule has 0 spiro atoms. The smallest absolute Gasteiger partial charge is 0.395 e. The third-order valence-corrected chi connectivity index (χ3v) is 8.86. The molecular weight excluding hydrogens is 551 g/mol. The highest BCUT2D eigenvalue weighted by Gasteiger charge is 2.54. The van der Waals surface area contributed by atoms with Gasteiger partial charge in [-0.1, -0.05) is 42.1 Å². The lowest BCUT2D eigenvalue weighted by molar-refractivity contribution is -0.119. The number of nitrogen functional groups attached to an aromatic ring is 1. The fraction of sp³-hybridized carbons (Fsp3) is 0.542. The number of aromatic nitrogens is 2. The van der Waals surface area contributed by atoms with E-state index in [1.165, 1.54) is 19.2 Å². The largest absolute Gasteiger partial charge is 0.405 e. The molecule has 1 fully saturated rings. The molecule has 5 unspecified atom stereocenters. The zero-order valence-electron chi connectivity index (χ0n) is 21.9. The Hall–Kier alpha value is -2.13. The molecular formula is C24H35N4O9PS. The third-order valence-electron chi connectivity index (χ3n) is 6.11. The van der Waals surface area contributed by atoms with Crippen LogP contribution in [0.1, 0.15) is 32.6 Å². The molecule has 39 heavy (non-hydrogen) atoms. The molecule has 0 saturated carbocycles. The van der Waals surface area contributed by atoms with Crippen LogP contribution in [0.15, 0.2) is 47.4 Å². The number of benzene rings is 1. The van der Waals surface area contributed by atoms with Crippen molar-refractivity contribution in [3.8, 4) is 0 Å². The summed E-state index contributed by atoms with van der Waals surface area (Å²) in [6.45, 7) is 3.74. The van der Waals surface area contributed by atoms with E-state index in [-0.39, 0.29) is 36.4 Å². The van der Waals surface area contributed by atoms with Gasteiger partial charge in [0.1, 0.15) is 23.6 Å². The fourth-order valence-corrected chi connectivity index (χ4v) is 5.86. The van der Waals surface area contributed by atoms with Crippen molar-refractivity contribution in [3.63, 3.8) is 0 Å². The van der Waals surface area contributed by atoms with Crippen molar-refractivity contribution in [1.82, 2.24) is 14.6 Å². The van der Waals surface area contributed by atoms with E-state index in [0.29, 0.717) is 0 Å². The molecule has 1 aromatic carbocycles. The molecule has 0 radical (unpaired) electrons. The number of thioether (sulfide) groups is 1. The Morgan fingerprint density at radius 3 is 2.64 bits per heavy atom. The van der Waals surface area contributed by atoms with E-state index >= 15 is 0 Å². The quantitative estimate of drug-likeness (QED) is 0.165. The first kappa shape index (κ1) is 31.4. The molecule has 1 aliphatic heterocycles. The maximum atomic E-state index is 13.6. The number of nitrogens with zero attached hydrogens (tertiary/aromatic N) is 2. The van der Waals surface area contributed by atoms with Crippen molar-refractivity contribution in [2.75, 3.05) is 31.3 Å². The van der Waals surface area contributed by atoms with Gasteiger partial charge in [0.15, 0.2) is 11.3 Å². The average molecular weight is 587 g/mol. The van der Waals surface area contributed by atoms with Gasteiger partial charge in [-0.2, -0.15) is 4.98 Å². The van der Waals surface area contributed by atoms with Gasteiger partial charge in [0.05, 0.1) is 25.2 Å². The molecule has 2 aromatic rings. The second-order valence-corrected chi connectivity index (χ2v) is 12.8. The summed E-state index contributed by atoms with van der Waals surface area (Å²) in [6, 6.07) is 10.4. The van der Waals surface area contributed by atoms with Crippen LogP contribution in [0.4, 0.5) is 5.82 Å². The van der Waals surface area contributed by atoms with Crippen molar-refractivity contribution in [3.05, 3.63) is 58.6 Å². The first-order valence-corrected chi connectivity index (χ1v) is 14.7. The molecule has 6 N–H and O–H groups in total. The molecule has 1 aliphatic rings. The van der Waals surface area contributed by atoms with E-state index in [1.54, 1.807) is 13.8 Å². The van der Waals surface area contributed by atoms with Crippen molar-refractivity contribution < 1.29 is 38.5 Å². The van der Waals surface area contributed by atoms with Crippen LogP contribution in [0.25, 0.3) is 0 Å². The number of hydrogen-bond donors (Lipinski definition) is 5. The molecule has 13 nitrogen and oxygen atoms in total. The van der Waals surface area contributed by atoms with Gasteiger partial charge >= 0.3 is 13.4 Å². The monoisotopic (exact) mass is 586 g/mol. The molecule has 0 aliphatic carbocycles. The first-order valence-electron chi connectivity index (χ1n) is 12.2. The molecule has 1 aromatic heterocycles. The highest BCUT2D eigenvalue weighted by atomic mass is 32.2. The van der Waals surface area contributed by atoms with E-state index in [1.807, 2.05) is 30.3 Å². The van der Waals surface area contributed by atoms with Crippen LogP contribution < -0.4 is 16.5 Å². The van der Waals surface area contributed by atoms with E-state index in [2.05, 4.69) is 10.1 Å². The van der Waals surface area contributed by atoms with Crippen LogP contribution in [0.2, 0.25) is 0 Å². The van der Waals surface area contributed by atoms with Crippen molar-refractivity contribution >= 4 is 30.4 Å². The number of aliphatic hydroxyl groups is 3. The van der Waals surface area contributed by atoms with Crippen LogP contribution in [-0.4, -0.2) is 73.4 Å². The standard InChI is InChI=1S/C24H35N4O9PS/c1-23(2,15-29)21(31)39-12-11-35-38(34,26-13-16-7-5-4-6-8-16)36-14-17-19(30)24(3,33)20(37-17)28-10-9-18(25)27-22(28)32/h4-10,17,19-20,29-30,33H,11-15H2,1-3H3,(H,26,34)(H2,25,27,32). The number of hydrogen-bond acceptors (Lipinski definition) is 12. The number of rotatable bonds is 13. The Morgan fingerprint density at radius 1 is 1.31 bits per heavy atom. The minimum Gasteiger partial charge on any atom is -0.395 e. The number of anilines is 1. The summed E-state index contributed by atoms with van der Waals surface area (Å²) in [6.07, 6.45) is -2.75. The zero-order chi connectivity index (χ0) is 28.8. The minimum atomic E-state index is -4.02. The Kier molecular flexibility index (Phi) is 10.5. The summed E-state index contributed by atoms with van der Waals surface area (Å²) in [5.74, 6) is 0.131. The zero-order valence-corrected chi connectivity index (χ0v) is 23.6. The van der Waals surface area contributed by atoms with E-state index in [0.717, 1.165) is 21.9 Å². The predicted octanol–water partition coefficient (Wildman–Crippen LogP) is 1.04. The van der Waals surface area contributed by atoms with Crippen LogP contribution in [0.5, 0.6) is 0 Å². The van der Waals surface area contributed by atoms with Gasteiger partial charge in [-0.25, -0.2) is 14.4 Å². The van der Waals surface area contributed by atoms with Gasteiger partial charge < -0.3 is 25.8 Å². The van der Waals surface area contributed by atoms with Gasteiger partial charge in [-0.3, -0.25) is 18.4 Å². The Balaban J connectivity index is 1.68. The Bertz CT molecular complexity index is 1230. The average Bonchev–Trinajstić information content (AvgIpc) is 3.13. The Labute approximate surface area is 230 Å². The van der Waals surface area contributed by atoms with Gasteiger partial charge in [0.25, 0.3) is 0 Å². The van der Waals surface area contributed by atoms with Crippen LogP contribution in [0.3, 0.4) is 0 Å². The van der Waals surface area contributed by atoms with Gasteiger partial charge in [-0.15, -0.1) is 0 Å². The van der Waals surface area contributed by atoms with E-state index in [9.17, 15) is 29.5 Å². The summed E-state index contributed by atoms with van der Waals surface area (Å²) in [5, 5.41) is 33.5. The van der Waals surface area contributed by atoms with Gasteiger partial charge in [-0.05, 0) is 32.4 Å². The summed E-state index contributed by atoms with van der Waals surface area (Å²) in [4.78, 5) is 28.2. The molecule has 3 rings (SSSR count). The number of carbonyl (C=O) groups is 1. The van der Waals surface area contributed by atoms with Crippen LogP contribution in [-0.2, 0) is 29.7 Å². The number of carbonyl (C=O) groups excluding carboxylic acids is 1. The van der Waals surface area contributed by atoms with Crippen LogP contribution >= 0.6 is 19.5 Å². The second-order valence-electron chi connectivity index (χ2n) is 9.86. The fourth-order valence-electron chi connectivity index (χ4n) is 3.62. The molecule has 216 valence electrons. The SMILES string of the molecule is CC(C)(CO)C(=O)SCCOP(=O)(NCc1ccccc1)OCC1OC(n2ccc(N)nc2=O)C(C)(O)C1O. The van der Waals surface area contributed by atoms with E-state index < -0.39 is 49.5 Å². The molecule has 5 atom stereocenters. The molecule has 2 heterocycles. The third kappa shape index (κ3) is 7.97. The molecule has 0 amide bonds. The lowest BCUT2D eigenvalue weighted by atomic mass is 9.96. The van der Waals surface area contributed by atoms with Crippen LogP contribution in [0, 0.1) is 5.41 Å². The number of ether oxygens (including phenoxy) is 1. The predicted molar refractivity (Wildman–Crippen MR) is 145 cm³/mol. The second kappa shape index (κ2) is 13.0. The van der Waals surface area contributed by atoms with E-state index in [4.69, 9.17) is 19.5 Å². The normalized spacial score (nSPS) is 24.9. The maximum absolute atomic E-state index is 13.6. The Morgan fingerprint density at radius 2 is 2.00 bits per heavy atom. The minimum absolute atomic E-state index is 0.0170. The van der Waals surface area contributed by atoms with Crippen molar-refractivity contribution in [1.29, 1.82) is 0 Å². The van der Waals surface area contributed by atoms with Gasteiger partial charge in [0.2, 0.25) is 0 Å². The first-order chi connectivity index (χ1) is 18.3. The summed E-state index contributed by atoms with van der Waals surface area (Å²) in [5.41, 5.74) is 2.69. The number of nitrogens with two attached hydrogens (primary N) is 1. The molecule has 0 bridgehead atoms. The summed E-state index contributed by atoms with van der Waals surface area (Å²) >= 11 is 0.934. The lowest BCUT2D eigenvalue weighted by Crippen LogP contribution is -2.46. The summed E-state index contributed by atoms with van der Waals surface area (Å²) < 4.78 is 31.5. The maximum Gasteiger partial charge on any atom is 0.405 e. The number of aliphatic hydroxyl groups excluding tert-OH is 2.